The van der Waals surface area contributed by atoms with E-state index in [4.69, 9.17) is 4.74 Å². The quantitative estimate of drug-likeness (QED) is 0.744. The van der Waals surface area contributed by atoms with E-state index in [1.54, 1.807) is 0 Å². The Hall–Kier alpha value is -2.34. The van der Waals surface area contributed by atoms with Crippen LogP contribution in [-0.2, 0) is 6.42 Å². The number of hydrogen-bond donors (Lipinski definition) is 1. The summed E-state index contributed by atoms with van der Waals surface area (Å²) in [5.41, 5.74) is 3.64. The molecule has 0 spiro atoms. The Morgan fingerprint density at radius 2 is 2.00 bits per heavy atom. The summed E-state index contributed by atoms with van der Waals surface area (Å²) in [5.74, 6) is -0.0617. The molecule has 1 aromatic carbocycles. The van der Waals surface area contributed by atoms with Crippen molar-refractivity contribution < 1.29 is 14.6 Å². The van der Waals surface area contributed by atoms with Crippen molar-refractivity contribution in [3.8, 4) is 17.0 Å². The van der Waals surface area contributed by atoms with Gasteiger partial charge in [-0.15, -0.1) is 0 Å². The van der Waals surface area contributed by atoms with Gasteiger partial charge in [0.1, 0.15) is 10.6 Å². The van der Waals surface area contributed by atoms with Gasteiger partial charge in [-0.25, -0.2) is 9.78 Å². The number of aromatic carboxylic acids is 1. The molecule has 0 aliphatic rings. The molecule has 0 unspecified atom stereocenters. The Balaban J connectivity index is 2.06. The third-order valence-corrected chi connectivity index (χ3v) is 4.90. The van der Waals surface area contributed by atoms with Crippen LogP contribution >= 0.6 is 11.3 Å². The molecule has 0 atom stereocenters. The van der Waals surface area contributed by atoms with E-state index in [-0.39, 0.29) is 6.10 Å². The van der Waals surface area contributed by atoms with Crippen molar-refractivity contribution in [2.75, 3.05) is 0 Å². The molecule has 126 valence electrons. The number of imidazole rings is 1. The molecule has 1 N–H and O–H groups in total. The number of thiazole rings is 1. The van der Waals surface area contributed by atoms with Crippen molar-refractivity contribution in [3.63, 3.8) is 0 Å². The molecule has 0 saturated carbocycles. The summed E-state index contributed by atoms with van der Waals surface area (Å²) < 4.78 is 7.63. The van der Waals surface area contributed by atoms with E-state index >= 15 is 0 Å². The number of carboxylic acids is 1. The molecule has 0 aliphatic heterocycles. The fourth-order valence-electron chi connectivity index (χ4n) is 2.84. The zero-order valence-corrected chi connectivity index (χ0v) is 15.0. The summed E-state index contributed by atoms with van der Waals surface area (Å²) >= 11 is 1.23. The smallest absolute Gasteiger partial charge is 0.347 e. The number of carboxylic acid groups (broad SMARTS) is 1. The zero-order chi connectivity index (χ0) is 17.4. The van der Waals surface area contributed by atoms with Crippen molar-refractivity contribution in [2.24, 2.45) is 0 Å². The minimum absolute atomic E-state index is 0.136. The molecule has 0 amide bonds. The number of aryl methyl sites for hydroxylation is 2. The molecular weight excluding hydrogens is 324 g/mol. The van der Waals surface area contributed by atoms with E-state index in [1.165, 1.54) is 11.3 Å². The predicted molar refractivity (Wildman–Crippen MR) is 95.3 cm³/mol. The maximum atomic E-state index is 11.4. The van der Waals surface area contributed by atoms with Gasteiger partial charge in [0.05, 0.1) is 11.8 Å². The van der Waals surface area contributed by atoms with Gasteiger partial charge in [0.15, 0.2) is 4.96 Å². The first-order valence-electron chi connectivity index (χ1n) is 7.93. The van der Waals surface area contributed by atoms with Gasteiger partial charge in [-0.3, -0.25) is 4.40 Å². The van der Waals surface area contributed by atoms with Crippen LogP contribution in [0.5, 0.6) is 5.75 Å². The molecule has 24 heavy (non-hydrogen) atoms. The van der Waals surface area contributed by atoms with Crippen LogP contribution in [0.2, 0.25) is 0 Å². The van der Waals surface area contributed by atoms with Crippen LogP contribution in [-0.4, -0.2) is 26.6 Å². The first-order chi connectivity index (χ1) is 11.4. The van der Waals surface area contributed by atoms with Crippen LogP contribution in [0, 0.1) is 6.92 Å². The second-order valence-corrected chi connectivity index (χ2v) is 6.87. The van der Waals surface area contributed by atoms with Gasteiger partial charge in [0, 0.05) is 17.0 Å². The van der Waals surface area contributed by atoms with Crippen LogP contribution in [0.25, 0.3) is 16.2 Å². The molecule has 0 bridgehead atoms. The first-order valence-corrected chi connectivity index (χ1v) is 8.75. The van der Waals surface area contributed by atoms with Gasteiger partial charge in [-0.2, -0.15) is 0 Å². The molecule has 3 aromatic rings. The lowest BCUT2D eigenvalue weighted by Crippen LogP contribution is -2.05. The highest BCUT2D eigenvalue weighted by atomic mass is 32.1. The predicted octanol–water partition coefficient (Wildman–Crippen LogP) is 4.42. The molecule has 0 fully saturated rings. The summed E-state index contributed by atoms with van der Waals surface area (Å²) in [6.45, 7) is 7.93. The second kappa shape index (κ2) is 6.28. The van der Waals surface area contributed by atoms with Crippen molar-refractivity contribution in [3.05, 3.63) is 40.5 Å². The molecule has 0 radical (unpaired) electrons. The summed E-state index contributed by atoms with van der Waals surface area (Å²) in [6.07, 6.45) is 0.788. The van der Waals surface area contributed by atoms with Crippen molar-refractivity contribution >= 4 is 22.3 Å². The number of ether oxygens (including phenoxy) is 1. The van der Waals surface area contributed by atoms with E-state index in [1.807, 2.05) is 56.4 Å². The molecular formula is C18H20N2O3S. The second-order valence-electron chi connectivity index (χ2n) is 5.89. The van der Waals surface area contributed by atoms with Gasteiger partial charge < -0.3 is 9.84 Å². The molecule has 0 saturated heterocycles. The van der Waals surface area contributed by atoms with E-state index in [2.05, 4.69) is 4.98 Å². The van der Waals surface area contributed by atoms with Gasteiger partial charge in [-0.05, 0) is 51.5 Å². The zero-order valence-electron chi connectivity index (χ0n) is 14.2. The summed E-state index contributed by atoms with van der Waals surface area (Å²) in [4.78, 5) is 17.1. The Morgan fingerprint density at radius 1 is 1.33 bits per heavy atom. The third-order valence-electron chi connectivity index (χ3n) is 3.83. The van der Waals surface area contributed by atoms with Crippen LogP contribution in [0.1, 0.15) is 41.8 Å². The average Bonchev–Trinajstić information content (AvgIpc) is 3.05. The standard InChI is InChI=1S/C18H20N2O3S/c1-5-14-16(17(21)22)24-18-19-15(11(4)20(14)18)12-6-8-13(9-7-12)23-10(2)3/h6-10H,5H2,1-4H3,(H,21,22). The van der Waals surface area contributed by atoms with E-state index < -0.39 is 5.97 Å². The van der Waals surface area contributed by atoms with Gasteiger partial charge in [0.2, 0.25) is 0 Å². The molecule has 6 heteroatoms. The lowest BCUT2D eigenvalue weighted by atomic mass is 10.1. The monoisotopic (exact) mass is 344 g/mol. The number of nitrogens with zero attached hydrogens (tertiary/aromatic N) is 2. The number of rotatable bonds is 5. The van der Waals surface area contributed by atoms with Gasteiger partial charge in [0.25, 0.3) is 0 Å². The van der Waals surface area contributed by atoms with E-state index in [0.29, 0.717) is 11.3 Å². The maximum absolute atomic E-state index is 11.4. The largest absolute Gasteiger partial charge is 0.491 e. The summed E-state index contributed by atoms with van der Waals surface area (Å²) in [7, 11) is 0. The van der Waals surface area contributed by atoms with Gasteiger partial charge >= 0.3 is 5.97 Å². The number of hydrogen-bond acceptors (Lipinski definition) is 4. The number of carbonyl (C=O) groups is 1. The average molecular weight is 344 g/mol. The first kappa shape index (κ1) is 16.5. The minimum Gasteiger partial charge on any atom is -0.491 e. The molecule has 2 heterocycles. The summed E-state index contributed by atoms with van der Waals surface area (Å²) in [5, 5.41) is 9.35. The highest BCUT2D eigenvalue weighted by molar-refractivity contribution is 7.19. The van der Waals surface area contributed by atoms with Gasteiger partial charge in [-0.1, -0.05) is 18.3 Å². The number of aromatic nitrogens is 2. The third kappa shape index (κ3) is 2.78. The molecule has 0 aliphatic carbocycles. The van der Waals surface area contributed by atoms with Crippen LogP contribution in [0.15, 0.2) is 24.3 Å². The summed E-state index contributed by atoms with van der Waals surface area (Å²) in [6, 6.07) is 7.85. The Labute approximate surface area is 144 Å². The lowest BCUT2D eigenvalue weighted by Gasteiger charge is -2.10. The fourth-order valence-corrected chi connectivity index (χ4v) is 3.94. The van der Waals surface area contributed by atoms with Crippen LogP contribution in [0.3, 0.4) is 0 Å². The maximum Gasteiger partial charge on any atom is 0.347 e. The van der Waals surface area contributed by atoms with Crippen molar-refractivity contribution in [1.29, 1.82) is 0 Å². The van der Waals surface area contributed by atoms with Crippen molar-refractivity contribution in [1.82, 2.24) is 9.38 Å². The highest BCUT2D eigenvalue weighted by Crippen LogP contribution is 2.32. The number of fused-ring (bicyclic) bond motifs is 1. The number of benzene rings is 1. The molecule has 2 aromatic heterocycles. The minimum atomic E-state index is -0.890. The molecule has 3 rings (SSSR count). The van der Waals surface area contributed by atoms with Crippen LogP contribution < -0.4 is 4.74 Å². The Kier molecular flexibility index (Phi) is 4.32. The molecule has 5 nitrogen and oxygen atoms in total. The van der Waals surface area contributed by atoms with Crippen molar-refractivity contribution in [2.45, 2.75) is 40.2 Å². The lowest BCUT2D eigenvalue weighted by molar-refractivity contribution is 0.0700. The fraction of sp³-hybridized carbons (Fsp3) is 0.333. The van der Waals surface area contributed by atoms with Crippen LogP contribution in [0.4, 0.5) is 0 Å². The SMILES string of the molecule is CCc1c(C(=O)O)sc2nc(-c3ccc(OC(C)C)cc3)c(C)n12. The topological polar surface area (TPSA) is 63.8 Å². The van der Waals surface area contributed by atoms with E-state index in [9.17, 15) is 9.90 Å². The Bertz CT molecular complexity index is 891. The normalized spacial score (nSPS) is 11.4. The highest BCUT2D eigenvalue weighted by Gasteiger charge is 2.21. The Morgan fingerprint density at radius 3 is 2.54 bits per heavy atom. The van der Waals surface area contributed by atoms with E-state index in [0.717, 1.165) is 33.4 Å².